The van der Waals surface area contributed by atoms with E-state index >= 15 is 0 Å². The summed E-state index contributed by atoms with van der Waals surface area (Å²) in [5.74, 6) is -1.12. The molecule has 0 bridgehead atoms. The molecular weight excluding hydrogens is 256 g/mol. The topological polar surface area (TPSA) is 107 Å². The third kappa shape index (κ3) is 4.63. The number of nitriles is 1. The molecule has 18 heavy (non-hydrogen) atoms. The van der Waals surface area contributed by atoms with E-state index in [1.54, 1.807) is 0 Å². The molecule has 102 valence electrons. The number of carboxylic acid groups (broad SMARTS) is 1. The summed E-state index contributed by atoms with van der Waals surface area (Å²) in [7, 11) is -3.50. The van der Waals surface area contributed by atoms with E-state index in [9.17, 15) is 13.2 Å². The molecule has 0 aliphatic heterocycles. The molecule has 1 aliphatic rings. The largest absolute Gasteiger partial charge is 0.481 e. The lowest BCUT2D eigenvalue weighted by atomic mass is 9.91. The van der Waals surface area contributed by atoms with Crippen molar-refractivity contribution in [1.29, 1.82) is 5.26 Å². The predicted octanol–water partition coefficient (Wildman–Crippen LogP) is 0.855. The van der Waals surface area contributed by atoms with Gasteiger partial charge in [0.1, 0.15) is 0 Å². The monoisotopic (exact) mass is 274 g/mol. The third-order valence-electron chi connectivity index (χ3n) is 3.15. The average molecular weight is 274 g/mol. The molecule has 0 radical (unpaired) electrons. The molecule has 0 saturated heterocycles. The van der Waals surface area contributed by atoms with Gasteiger partial charge in [0.15, 0.2) is 0 Å². The fourth-order valence-corrected chi connectivity index (χ4v) is 3.86. The van der Waals surface area contributed by atoms with Gasteiger partial charge in [0.05, 0.1) is 17.2 Å². The lowest BCUT2D eigenvalue weighted by Crippen LogP contribution is -2.35. The summed E-state index contributed by atoms with van der Waals surface area (Å²) >= 11 is 0. The van der Waals surface area contributed by atoms with Gasteiger partial charge in [0.2, 0.25) is 10.0 Å². The number of aliphatic carboxylic acids is 1. The Labute approximate surface area is 107 Å². The minimum atomic E-state index is -3.50. The maximum atomic E-state index is 11.8. The molecule has 0 aromatic heterocycles. The van der Waals surface area contributed by atoms with Gasteiger partial charge in [-0.15, -0.1) is 0 Å². The molecule has 1 saturated carbocycles. The fraction of sp³-hybridized carbons (Fsp3) is 0.818. The summed E-state index contributed by atoms with van der Waals surface area (Å²) in [5, 5.41) is 17.5. The predicted molar refractivity (Wildman–Crippen MR) is 65.2 cm³/mol. The van der Waals surface area contributed by atoms with Gasteiger partial charge in [-0.2, -0.15) is 5.26 Å². The molecule has 0 spiro atoms. The molecule has 2 N–H and O–H groups in total. The molecule has 1 aliphatic carbocycles. The van der Waals surface area contributed by atoms with Gasteiger partial charge < -0.3 is 5.11 Å². The molecular formula is C11H18N2O4S. The SMILES string of the molecule is N#CC1(CS(=O)(=O)NCCCC(=O)O)CCCC1. The van der Waals surface area contributed by atoms with Crippen LogP contribution in [0.15, 0.2) is 0 Å². The van der Waals surface area contributed by atoms with E-state index in [0.717, 1.165) is 12.8 Å². The highest BCUT2D eigenvalue weighted by Crippen LogP contribution is 2.38. The Morgan fingerprint density at radius 2 is 2.00 bits per heavy atom. The average Bonchev–Trinajstić information content (AvgIpc) is 2.73. The Balaban J connectivity index is 2.44. The van der Waals surface area contributed by atoms with Gasteiger partial charge in [-0.25, -0.2) is 13.1 Å². The first kappa shape index (κ1) is 14.9. The molecule has 1 fully saturated rings. The van der Waals surface area contributed by atoms with E-state index in [1.165, 1.54) is 0 Å². The number of carboxylic acids is 1. The van der Waals surface area contributed by atoms with E-state index in [2.05, 4.69) is 10.8 Å². The third-order valence-corrected chi connectivity index (χ3v) is 4.73. The van der Waals surface area contributed by atoms with E-state index in [-0.39, 0.29) is 25.1 Å². The van der Waals surface area contributed by atoms with Crippen LogP contribution in [0.4, 0.5) is 0 Å². The van der Waals surface area contributed by atoms with E-state index in [1.807, 2.05) is 0 Å². The maximum absolute atomic E-state index is 11.8. The Kier molecular flexibility index (Phi) is 5.11. The highest BCUT2D eigenvalue weighted by Gasteiger charge is 2.38. The Hall–Kier alpha value is -1.13. The summed E-state index contributed by atoms with van der Waals surface area (Å²) in [6.07, 6.45) is 3.23. The van der Waals surface area contributed by atoms with E-state index < -0.39 is 21.4 Å². The summed E-state index contributed by atoms with van der Waals surface area (Å²) in [6.45, 7) is 0.107. The van der Waals surface area contributed by atoms with Crippen molar-refractivity contribution in [3.8, 4) is 6.07 Å². The van der Waals surface area contributed by atoms with Crippen LogP contribution in [0, 0.1) is 16.7 Å². The molecule has 0 aromatic rings. The van der Waals surface area contributed by atoms with Crippen LogP contribution in [0.2, 0.25) is 0 Å². The zero-order valence-corrected chi connectivity index (χ0v) is 11.0. The van der Waals surface area contributed by atoms with Gasteiger partial charge in [-0.1, -0.05) is 12.8 Å². The number of sulfonamides is 1. The quantitative estimate of drug-likeness (QED) is 0.669. The van der Waals surface area contributed by atoms with Gasteiger partial charge in [-0.05, 0) is 19.3 Å². The molecule has 0 unspecified atom stereocenters. The Morgan fingerprint density at radius 3 is 2.50 bits per heavy atom. The first-order chi connectivity index (χ1) is 8.39. The van der Waals surface area contributed by atoms with Crippen LogP contribution in [-0.2, 0) is 14.8 Å². The van der Waals surface area contributed by atoms with E-state index in [0.29, 0.717) is 12.8 Å². The van der Waals surface area contributed by atoms with Crippen molar-refractivity contribution >= 4 is 16.0 Å². The van der Waals surface area contributed by atoms with Gasteiger partial charge in [0, 0.05) is 13.0 Å². The molecule has 7 heteroatoms. The molecule has 0 aromatic carbocycles. The lowest BCUT2D eigenvalue weighted by molar-refractivity contribution is -0.137. The molecule has 1 rings (SSSR count). The number of carbonyl (C=O) groups is 1. The van der Waals surface area contributed by atoms with Crippen molar-refractivity contribution in [2.75, 3.05) is 12.3 Å². The first-order valence-corrected chi connectivity index (χ1v) is 7.65. The second-order valence-electron chi connectivity index (χ2n) is 4.75. The normalized spacial score (nSPS) is 18.4. The van der Waals surface area contributed by atoms with Crippen molar-refractivity contribution in [2.24, 2.45) is 5.41 Å². The van der Waals surface area contributed by atoms with Crippen LogP contribution >= 0.6 is 0 Å². The number of nitrogens with one attached hydrogen (secondary N) is 1. The van der Waals surface area contributed by atoms with Crippen molar-refractivity contribution in [1.82, 2.24) is 4.72 Å². The fourth-order valence-electron chi connectivity index (χ4n) is 2.22. The van der Waals surface area contributed by atoms with Crippen LogP contribution < -0.4 is 4.72 Å². The minimum absolute atomic E-state index is 0.0636. The molecule has 0 heterocycles. The van der Waals surface area contributed by atoms with Crippen molar-refractivity contribution in [2.45, 2.75) is 38.5 Å². The van der Waals surface area contributed by atoms with Gasteiger partial charge in [0.25, 0.3) is 0 Å². The zero-order chi connectivity index (χ0) is 13.6. The number of rotatable bonds is 7. The highest BCUT2D eigenvalue weighted by atomic mass is 32.2. The number of hydrogen-bond donors (Lipinski definition) is 2. The summed E-state index contributed by atoms with van der Waals surface area (Å²) in [5.41, 5.74) is -0.751. The second kappa shape index (κ2) is 6.16. The summed E-state index contributed by atoms with van der Waals surface area (Å²) < 4.78 is 25.9. The lowest BCUT2D eigenvalue weighted by Gasteiger charge is -2.19. The molecule has 0 atom stereocenters. The maximum Gasteiger partial charge on any atom is 0.303 e. The van der Waals surface area contributed by atoms with E-state index in [4.69, 9.17) is 10.4 Å². The second-order valence-corrected chi connectivity index (χ2v) is 6.56. The van der Waals surface area contributed by atoms with Crippen molar-refractivity contribution in [3.05, 3.63) is 0 Å². The van der Waals surface area contributed by atoms with Crippen molar-refractivity contribution < 1.29 is 18.3 Å². The molecule has 0 amide bonds. The number of hydrogen-bond acceptors (Lipinski definition) is 4. The Bertz CT molecular complexity index is 432. The molecule has 6 nitrogen and oxygen atoms in total. The zero-order valence-electron chi connectivity index (χ0n) is 10.2. The Morgan fingerprint density at radius 1 is 1.39 bits per heavy atom. The number of nitrogens with zero attached hydrogens (tertiary/aromatic N) is 1. The van der Waals surface area contributed by atoms with Crippen molar-refractivity contribution in [3.63, 3.8) is 0 Å². The van der Waals surface area contributed by atoms with Gasteiger partial charge >= 0.3 is 5.97 Å². The van der Waals surface area contributed by atoms with Gasteiger partial charge in [-0.3, -0.25) is 4.79 Å². The standard InChI is InChI=1S/C11H18N2O4S/c12-8-11(5-1-2-6-11)9-18(16,17)13-7-3-4-10(14)15/h13H,1-7,9H2,(H,14,15). The summed E-state index contributed by atoms with van der Waals surface area (Å²) in [6, 6.07) is 2.13. The highest BCUT2D eigenvalue weighted by molar-refractivity contribution is 7.89. The van der Waals surface area contributed by atoms with Crippen LogP contribution in [-0.4, -0.2) is 31.8 Å². The first-order valence-electron chi connectivity index (χ1n) is 6.00. The minimum Gasteiger partial charge on any atom is -0.481 e. The van der Waals surface area contributed by atoms with Crippen LogP contribution in [0.3, 0.4) is 0 Å². The summed E-state index contributed by atoms with van der Waals surface area (Å²) in [4.78, 5) is 10.3. The smallest absolute Gasteiger partial charge is 0.303 e. The van der Waals surface area contributed by atoms with Crippen LogP contribution in [0.5, 0.6) is 0 Å². The van der Waals surface area contributed by atoms with Crippen LogP contribution in [0.25, 0.3) is 0 Å². The van der Waals surface area contributed by atoms with Crippen LogP contribution in [0.1, 0.15) is 38.5 Å².